The molecule has 2 aromatic carbocycles. The number of nitrogens with zero attached hydrogens (tertiary/aromatic N) is 2. The lowest BCUT2D eigenvalue weighted by molar-refractivity contribution is 0.150. The Morgan fingerprint density at radius 2 is 1.79 bits per heavy atom. The molecular weight excluding hydrogens is 371 g/mol. The standard InChI is InChI=1S/C22H31FN4O2/c1-24-22(26-17-19-8-4-5-10-21(19)23)25-16-18-7-6-9-20(15-18)29-14-12-27(2)11-13-28-3/h4-10,15H,11-14,16-17H2,1-3H3,(H2,24,25,26). The molecule has 6 nitrogen and oxygen atoms in total. The molecule has 0 heterocycles. The number of guanidine groups is 1. The quantitative estimate of drug-likeness (QED) is 0.447. The van der Waals surface area contributed by atoms with Gasteiger partial charge in [-0.25, -0.2) is 4.39 Å². The van der Waals surface area contributed by atoms with Crippen LogP contribution in [0.2, 0.25) is 0 Å². The summed E-state index contributed by atoms with van der Waals surface area (Å²) in [5.41, 5.74) is 1.67. The first kappa shape index (κ1) is 22.6. The highest BCUT2D eigenvalue weighted by atomic mass is 19.1. The van der Waals surface area contributed by atoms with E-state index in [2.05, 4.69) is 20.5 Å². The van der Waals surface area contributed by atoms with E-state index in [1.54, 1.807) is 26.3 Å². The SMILES string of the molecule is CN=C(NCc1cccc(OCCN(C)CCOC)c1)NCc1ccccc1F. The number of rotatable bonds is 11. The third-order valence-corrected chi connectivity index (χ3v) is 4.41. The van der Waals surface area contributed by atoms with Crippen LogP contribution in [-0.2, 0) is 17.8 Å². The highest BCUT2D eigenvalue weighted by Gasteiger charge is 2.04. The zero-order valence-electron chi connectivity index (χ0n) is 17.5. The first-order chi connectivity index (χ1) is 14.1. The molecular formula is C22H31FN4O2. The van der Waals surface area contributed by atoms with Crippen LogP contribution >= 0.6 is 0 Å². The van der Waals surface area contributed by atoms with Crippen LogP contribution in [0.3, 0.4) is 0 Å². The zero-order chi connectivity index (χ0) is 20.9. The fourth-order valence-electron chi connectivity index (χ4n) is 2.65. The number of nitrogens with one attached hydrogen (secondary N) is 2. The van der Waals surface area contributed by atoms with Gasteiger partial charge in [0.05, 0.1) is 6.61 Å². The van der Waals surface area contributed by atoms with E-state index in [-0.39, 0.29) is 5.82 Å². The van der Waals surface area contributed by atoms with Crippen molar-refractivity contribution >= 4 is 5.96 Å². The molecule has 7 heteroatoms. The Labute approximate surface area is 172 Å². The number of hydrogen-bond donors (Lipinski definition) is 2. The largest absolute Gasteiger partial charge is 0.492 e. The van der Waals surface area contributed by atoms with Crippen LogP contribution in [0, 0.1) is 5.82 Å². The summed E-state index contributed by atoms with van der Waals surface area (Å²) in [4.78, 5) is 6.36. The van der Waals surface area contributed by atoms with Gasteiger partial charge < -0.3 is 25.0 Å². The van der Waals surface area contributed by atoms with Crippen molar-refractivity contribution in [2.75, 3.05) is 47.5 Å². The maximum atomic E-state index is 13.7. The molecule has 0 unspecified atom stereocenters. The second-order valence-electron chi connectivity index (χ2n) is 6.66. The predicted molar refractivity (Wildman–Crippen MR) is 115 cm³/mol. The summed E-state index contributed by atoms with van der Waals surface area (Å²) in [5, 5.41) is 6.37. The Morgan fingerprint density at radius 3 is 2.55 bits per heavy atom. The molecule has 2 aromatic rings. The van der Waals surface area contributed by atoms with Crippen molar-refractivity contribution in [3.05, 3.63) is 65.5 Å². The zero-order valence-corrected chi connectivity index (χ0v) is 17.5. The summed E-state index contributed by atoms with van der Waals surface area (Å²) >= 11 is 0. The summed E-state index contributed by atoms with van der Waals surface area (Å²) in [7, 11) is 5.44. The van der Waals surface area contributed by atoms with Gasteiger partial charge in [-0.15, -0.1) is 0 Å². The van der Waals surface area contributed by atoms with E-state index in [0.29, 0.717) is 37.8 Å². The average molecular weight is 403 g/mol. The summed E-state index contributed by atoms with van der Waals surface area (Å²) in [5.74, 6) is 1.21. The van der Waals surface area contributed by atoms with Gasteiger partial charge in [-0.1, -0.05) is 30.3 Å². The number of aliphatic imine (C=N–C) groups is 1. The van der Waals surface area contributed by atoms with Crippen molar-refractivity contribution in [1.82, 2.24) is 15.5 Å². The van der Waals surface area contributed by atoms with Crippen LogP contribution in [-0.4, -0.2) is 58.4 Å². The highest BCUT2D eigenvalue weighted by molar-refractivity contribution is 5.79. The molecule has 2 rings (SSSR count). The summed E-state index contributed by atoms with van der Waals surface area (Å²) < 4.78 is 24.7. The van der Waals surface area contributed by atoms with Crippen molar-refractivity contribution in [3.8, 4) is 5.75 Å². The maximum Gasteiger partial charge on any atom is 0.191 e. The van der Waals surface area contributed by atoms with Gasteiger partial charge in [0, 0.05) is 45.9 Å². The van der Waals surface area contributed by atoms with Crippen molar-refractivity contribution in [1.29, 1.82) is 0 Å². The molecule has 0 saturated heterocycles. The minimum atomic E-state index is -0.229. The number of halogens is 1. The molecule has 0 aliphatic heterocycles. The Hall–Kier alpha value is -2.64. The van der Waals surface area contributed by atoms with Gasteiger partial charge in [0.2, 0.25) is 0 Å². The summed E-state index contributed by atoms with van der Waals surface area (Å²) in [6.45, 7) is 3.99. The van der Waals surface area contributed by atoms with Crippen LogP contribution in [0.4, 0.5) is 4.39 Å². The van der Waals surface area contributed by atoms with Gasteiger partial charge in [-0.2, -0.15) is 0 Å². The van der Waals surface area contributed by atoms with E-state index in [4.69, 9.17) is 9.47 Å². The highest BCUT2D eigenvalue weighted by Crippen LogP contribution is 2.13. The van der Waals surface area contributed by atoms with Gasteiger partial charge in [0.1, 0.15) is 18.2 Å². The number of hydrogen-bond acceptors (Lipinski definition) is 4. The molecule has 0 aliphatic carbocycles. The molecule has 0 aromatic heterocycles. The number of likely N-dealkylation sites (N-methyl/N-ethyl adjacent to an activating group) is 1. The van der Waals surface area contributed by atoms with Crippen molar-refractivity contribution in [3.63, 3.8) is 0 Å². The molecule has 0 atom stereocenters. The van der Waals surface area contributed by atoms with E-state index in [9.17, 15) is 4.39 Å². The van der Waals surface area contributed by atoms with Crippen LogP contribution in [0.25, 0.3) is 0 Å². The molecule has 0 amide bonds. The van der Waals surface area contributed by atoms with Crippen LogP contribution in [0.1, 0.15) is 11.1 Å². The molecule has 158 valence electrons. The Kier molecular flexibility index (Phi) is 9.95. The first-order valence-corrected chi connectivity index (χ1v) is 9.69. The molecule has 0 saturated carbocycles. The van der Waals surface area contributed by atoms with Gasteiger partial charge in [-0.05, 0) is 30.8 Å². The predicted octanol–water partition coefficient (Wildman–Crippen LogP) is 2.65. The fraction of sp³-hybridized carbons (Fsp3) is 0.409. The monoisotopic (exact) mass is 402 g/mol. The molecule has 2 N–H and O–H groups in total. The van der Waals surface area contributed by atoms with E-state index in [1.807, 2.05) is 37.4 Å². The van der Waals surface area contributed by atoms with Gasteiger partial charge in [0.15, 0.2) is 5.96 Å². The van der Waals surface area contributed by atoms with Crippen LogP contribution in [0.5, 0.6) is 5.75 Å². The second kappa shape index (κ2) is 12.7. The Morgan fingerprint density at radius 1 is 1.03 bits per heavy atom. The topological polar surface area (TPSA) is 58.1 Å². The lowest BCUT2D eigenvalue weighted by Gasteiger charge is -2.16. The number of methoxy groups -OCH3 is 1. The van der Waals surface area contributed by atoms with E-state index >= 15 is 0 Å². The maximum absolute atomic E-state index is 13.7. The van der Waals surface area contributed by atoms with E-state index in [0.717, 1.165) is 24.4 Å². The van der Waals surface area contributed by atoms with Gasteiger partial charge in [0.25, 0.3) is 0 Å². The molecule has 0 bridgehead atoms. The van der Waals surface area contributed by atoms with Crippen molar-refractivity contribution < 1.29 is 13.9 Å². The Bertz CT molecular complexity index is 770. The normalized spacial score (nSPS) is 11.6. The average Bonchev–Trinajstić information content (AvgIpc) is 2.74. The fourth-order valence-corrected chi connectivity index (χ4v) is 2.65. The molecule has 0 aliphatic rings. The Balaban J connectivity index is 1.77. The summed E-state index contributed by atoms with van der Waals surface area (Å²) in [6.07, 6.45) is 0. The van der Waals surface area contributed by atoms with Gasteiger partial charge >= 0.3 is 0 Å². The molecule has 0 radical (unpaired) electrons. The molecule has 0 spiro atoms. The van der Waals surface area contributed by atoms with Crippen LogP contribution in [0.15, 0.2) is 53.5 Å². The van der Waals surface area contributed by atoms with Crippen molar-refractivity contribution in [2.45, 2.75) is 13.1 Å². The second-order valence-corrected chi connectivity index (χ2v) is 6.66. The number of ether oxygens (including phenoxy) is 2. The van der Waals surface area contributed by atoms with Gasteiger partial charge in [-0.3, -0.25) is 4.99 Å². The third-order valence-electron chi connectivity index (χ3n) is 4.41. The lowest BCUT2D eigenvalue weighted by atomic mass is 10.2. The lowest BCUT2D eigenvalue weighted by Crippen LogP contribution is -2.36. The van der Waals surface area contributed by atoms with Crippen molar-refractivity contribution in [2.24, 2.45) is 4.99 Å². The molecule has 29 heavy (non-hydrogen) atoms. The third kappa shape index (κ3) is 8.50. The number of benzene rings is 2. The minimum Gasteiger partial charge on any atom is -0.492 e. The summed E-state index contributed by atoms with van der Waals surface area (Å²) in [6, 6.07) is 14.6. The molecule has 0 fully saturated rings. The van der Waals surface area contributed by atoms with E-state index < -0.39 is 0 Å². The van der Waals surface area contributed by atoms with E-state index in [1.165, 1.54) is 6.07 Å². The smallest absolute Gasteiger partial charge is 0.191 e. The first-order valence-electron chi connectivity index (χ1n) is 9.69. The van der Waals surface area contributed by atoms with Crippen LogP contribution < -0.4 is 15.4 Å². The minimum absolute atomic E-state index is 0.229.